The molecular weight excluding hydrogens is 268 g/mol. The van der Waals surface area contributed by atoms with Crippen LogP contribution in [0.1, 0.15) is 16.7 Å². The number of benzene rings is 2. The van der Waals surface area contributed by atoms with Gasteiger partial charge in [0.15, 0.2) is 0 Å². The summed E-state index contributed by atoms with van der Waals surface area (Å²) in [6, 6.07) is 8.55. The smallest absolute Gasteiger partial charge is 0.128 e. The second kappa shape index (κ2) is 6.39. The van der Waals surface area contributed by atoms with E-state index in [-0.39, 0.29) is 11.5 Å². The molecule has 0 saturated heterocycles. The van der Waals surface area contributed by atoms with Crippen molar-refractivity contribution in [3.8, 4) is 23.0 Å². The Bertz CT molecular complexity index is 635. The zero-order chi connectivity index (χ0) is 15.4. The molecule has 21 heavy (non-hydrogen) atoms. The highest BCUT2D eigenvalue weighted by Crippen LogP contribution is 2.32. The fraction of sp³-hybridized carbons (Fsp3) is 0.294. The van der Waals surface area contributed by atoms with E-state index in [1.165, 1.54) is 6.07 Å². The third-order valence-corrected chi connectivity index (χ3v) is 3.59. The van der Waals surface area contributed by atoms with Gasteiger partial charge in [0.05, 0.1) is 14.2 Å². The summed E-state index contributed by atoms with van der Waals surface area (Å²) in [5, 5.41) is 19.1. The monoisotopic (exact) mass is 288 g/mol. The molecule has 0 fully saturated rings. The minimum absolute atomic E-state index is 0.0640. The number of phenolic OH excluding ortho intramolecular Hbond substituents is 2. The normalized spacial score (nSPS) is 10.4. The molecule has 112 valence electrons. The molecule has 0 aliphatic heterocycles. The van der Waals surface area contributed by atoms with Crippen molar-refractivity contribution in [3.05, 3.63) is 47.0 Å². The highest BCUT2D eigenvalue weighted by atomic mass is 16.5. The first-order chi connectivity index (χ1) is 10.1. The number of rotatable bonds is 5. The Morgan fingerprint density at radius 3 is 2.19 bits per heavy atom. The number of hydrogen-bond acceptors (Lipinski definition) is 4. The number of hydrogen-bond donors (Lipinski definition) is 2. The number of aryl methyl sites for hydroxylation is 2. The summed E-state index contributed by atoms with van der Waals surface area (Å²) in [6.07, 6.45) is 1.39. The predicted octanol–water partition coefficient (Wildman–Crippen LogP) is 3.21. The van der Waals surface area contributed by atoms with Gasteiger partial charge in [0.2, 0.25) is 0 Å². The molecule has 4 heteroatoms. The van der Waals surface area contributed by atoms with Gasteiger partial charge in [-0.3, -0.25) is 0 Å². The van der Waals surface area contributed by atoms with Gasteiger partial charge in [0.25, 0.3) is 0 Å². The Hall–Kier alpha value is -2.36. The molecule has 0 bridgehead atoms. The van der Waals surface area contributed by atoms with Gasteiger partial charge >= 0.3 is 0 Å². The Morgan fingerprint density at radius 1 is 0.905 bits per heavy atom. The van der Waals surface area contributed by atoms with Crippen molar-refractivity contribution in [1.82, 2.24) is 0 Å². The lowest BCUT2D eigenvalue weighted by Crippen LogP contribution is -1.99. The molecule has 2 aromatic rings. The van der Waals surface area contributed by atoms with Crippen LogP contribution in [-0.4, -0.2) is 24.4 Å². The molecule has 4 nitrogen and oxygen atoms in total. The standard InChI is InChI=1S/C17H20O4/c1-11-16(20-2)9-7-13(17(11)21-3)5-4-12-6-8-14(18)10-15(12)19/h6-10,18-19H,4-5H2,1-3H3. The minimum atomic E-state index is 0.0640. The summed E-state index contributed by atoms with van der Waals surface area (Å²) in [6.45, 7) is 1.96. The van der Waals surface area contributed by atoms with Crippen LogP contribution >= 0.6 is 0 Å². The van der Waals surface area contributed by atoms with Crippen LogP contribution in [0.25, 0.3) is 0 Å². The van der Waals surface area contributed by atoms with Crippen LogP contribution < -0.4 is 9.47 Å². The van der Waals surface area contributed by atoms with Gasteiger partial charge in [0, 0.05) is 11.6 Å². The third kappa shape index (κ3) is 3.21. The molecule has 0 atom stereocenters. The lowest BCUT2D eigenvalue weighted by molar-refractivity contribution is 0.385. The van der Waals surface area contributed by atoms with E-state index in [0.717, 1.165) is 34.6 Å². The highest BCUT2D eigenvalue weighted by molar-refractivity contribution is 5.50. The summed E-state index contributed by atoms with van der Waals surface area (Å²) >= 11 is 0. The number of methoxy groups -OCH3 is 2. The summed E-state index contributed by atoms with van der Waals surface area (Å²) in [5.74, 6) is 1.78. The van der Waals surface area contributed by atoms with Crippen molar-refractivity contribution < 1.29 is 19.7 Å². The van der Waals surface area contributed by atoms with E-state index in [1.807, 2.05) is 19.1 Å². The van der Waals surface area contributed by atoms with E-state index in [0.29, 0.717) is 6.42 Å². The van der Waals surface area contributed by atoms with Gasteiger partial charge in [-0.15, -0.1) is 0 Å². The molecular formula is C17H20O4. The van der Waals surface area contributed by atoms with Crippen LogP contribution in [0.2, 0.25) is 0 Å². The molecule has 0 saturated carbocycles. The van der Waals surface area contributed by atoms with Crippen LogP contribution in [0.5, 0.6) is 23.0 Å². The van der Waals surface area contributed by atoms with Crippen molar-refractivity contribution in [2.75, 3.05) is 14.2 Å². The predicted molar refractivity (Wildman–Crippen MR) is 81.5 cm³/mol. The molecule has 0 heterocycles. The zero-order valence-corrected chi connectivity index (χ0v) is 12.5. The van der Waals surface area contributed by atoms with Gasteiger partial charge < -0.3 is 19.7 Å². The Labute approximate surface area is 124 Å². The highest BCUT2D eigenvalue weighted by Gasteiger charge is 2.12. The number of aromatic hydroxyl groups is 2. The van der Waals surface area contributed by atoms with E-state index >= 15 is 0 Å². The van der Waals surface area contributed by atoms with Crippen LogP contribution in [-0.2, 0) is 12.8 Å². The molecule has 0 aliphatic rings. The van der Waals surface area contributed by atoms with Crippen molar-refractivity contribution in [3.63, 3.8) is 0 Å². The van der Waals surface area contributed by atoms with Gasteiger partial charge in [-0.2, -0.15) is 0 Å². The molecule has 0 amide bonds. The second-order valence-corrected chi connectivity index (χ2v) is 4.90. The summed E-state index contributed by atoms with van der Waals surface area (Å²) < 4.78 is 10.8. The van der Waals surface area contributed by atoms with Crippen molar-refractivity contribution in [2.45, 2.75) is 19.8 Å². The van der Waals surface area contributed by atoms with Crippen molar-refractivity contribution >= 4 is 0 Å². The molecule has 0 radical (unpaired) electrons. The SMILES string of the molecule is COc1ccc(CCc2ccc(O)cc2O)c(OC)c1C. The maximum Gasteiger partial charge on any atom is 0.128 e. The van der Waals surface area contributed by atoms with Crippen LogP contribution in [0.4, 0.5) is 0 Å². The molecule has 2 N–H and O–H groups in total. The van der Waals surface area contributed by atoms with E-state index in [2.05, 4.69) is 0 Å². The lowest BCUT2D eigenvalue weighted by Gasteiger charge is -2.14. The largest absolute Gasteiger partial charge is 0.508 e. The van der Waals surface area contributed by atoms with Crippen LogP contribution in [0.3, 0.4) is 0 Å². The van der Waals surface area contributed by atoms with Crippen molar-refractivity contribution in [1.29, 1.82) is 0 Å². The van der Waals surface area contributed by atoms with Crippen LogP contribution in [0.15, 0.2) is 30.3 Å². The van der Waals surface area contributed by atoms with E-state index < -0.39 is 0 Å². The Kier molecular flexibility index (Phi) is 4.58. The van der Waals surface area contributed by atoms with Crippen molar-refractivity contribution in [2.24, 2.45) is 0 Å². The Balaban J connectivity index is 2.22. The van der Waals surface area contributed by atoms with Gasteiger partial charge in [-0.1, -0.05) is 12.1 Å². The number of ether oxygens (including phenoxy) is 2. The van der Waals surface area contributed by atoms with Gasteiger partial charge in [-0.25, -0.2) is 0 Å². The fourth-order valence-electron chi connectivity index (χ4n) is 2.46. The van der Waals surface area contributed by atoms with E-state index in [9.17, 15) is 10.2 Å². The first-order valence-corrected chi connectivity index (χ1v) is 6.78. The maximum absolute atomic E-state index is 9.82. The maximum atomic E-state index is 9.82. The summed E-state index contributed by atoms with van der Waals surface area (Å²) in [7, 11) is 3.28. The van der Waals surface area contributed by atoms with Gasteiger partial charge in [0.1, 0.15) is 23.0 Å². The van der Waals surface area contributed by atoms with E-state index in [1.54, 1.807) is 26.4 Å². The van der Waals surface area contributed by atoms with Crippen LogP contribution in [0, 0.1) is 6.92 Å². The molecule has 0 aliphatic carbocycles. The summed E-state index contributed by atoms with van der Waals surface area (Å²) in [5.41, 5.74) is 2.82. The molecule has 0 unspecified atom stereocenters. The molecule has 2 rings (SSSR count). The third-order valence-electron chi connectivity index (χ3n) is 3.59. The average molecular weight is 288 g/mol. The first-order valence-electron chi connectivity index (χ1n) is 6.78. The molecule has 0 spiro atoms. The number of phenols is 2. The lowest BCUT2D eigenvalue weighted by atomic mass is 10.0. The average Bonchev–Trinajstić information content (AvgIpc) is 2.46. The quantitative estimate of drug-likeness (QED) is 0.887. The molecule has 0 aromatic heterocycles. The zero-order valence-electron chi connectivity index (χ0n) is 12.5. The topological polar surface area (TPSA) is 58.9 Å². The van der Waals surface area contributed by atoms with E-state index in [4.69, 9.17) is 9.47 Å². The second-order valence-electron chi connectivity index (χ2n) is 4.90. The Morgan fingerprint density at radius 2 is 1.57 bits per heavy atom. The fourth-order valence-corrected chi connectivity index (χ4v) is 2.46. The van der Waals surface area contributed by atoms with Gasteiger partial charge in [-0.05, 0) is 43.0 Å². The minimum Gasteiger partial charge on any atom is -0.508 e. The first kappa shape index (κ1) is 15.0. The summed E-state index contributed by atoms with van der Waals surface area (Å²) in [4.78, 5) is 0. The molecule has 2 aromatic carbocycles.